The zero-order valence-electron chi connectivity index (χ0n) is 15.6. The minimum atomic E-state index is -0.375. The average Bonchev–Trinajstić information content (AvgIpc) is 3.40. The highest BCUT2D eigenvalue weighted by molar-refractivity contribution is 7.99. The van der Waals surface area contributed by atoms with Crippen molar-refractivity contribution in [2.45, 2.75) is 50.4 Å². The van der Waals surface area contributed by atoms with Crippen molar-refractivity contribution in [3.8, 4) is 5.75 Å². The smallest absolute Gasteiger partial charge is 0.191 e. The summed E-state index contributed by atoms with van der Waals surface area (Å²) in [5, 5.41) is 18.7. The Kier molecular flexibility index (Phi) is 5.68. The first-order chi connectivity index (χ1) is 13.2. The summed E-state index contributed by atoms with van der Waals surface area (Å²) in [7, 11) is 0. The number of para-hydroxylation sites is 1. The fraction of sp³-hybridized carbons (Fsp3) is 0.600. The third kappa shape index (κ3) is 3.85. The number of rotatable bonds is 8. The third-order valence-corrected chi connectivity index (χ3v) is 6.99. The molecule has 2 fully saturated rings. The maximum Gasteiger partial charge on any atom is 0.191 e. The topological polar surface area (TPSA) is 60.2 Å². The first kappa shape index (κ1) is 18.7. The van der Waals surface area contributed by atoms with Gasteiger partial charge in [0.25, 0.3) is 0 Å². The molecule has 2 aliphatic carbocycles. The minimum Gasteiger partial charge on any atom is -0.483 e. The molecule has 0 radical (unpaired) electrons. The van der Waals surface area contributed by atoms with E-state index in [4.69, 9.17) is 4.74 Å². The summed E-state index contributed by atoms with van der Waals surface area (Å²) in [4.78, 5) is 0. The van der Waals surface area contributed by atoms with Gasteiger partial charge in [0.2, 0.25) is 0 Å². The van der Waals surface area contributed by atoms with Crippen molar-refractivity contribution in [3.05, 3.63) is 35.9 Å². The summed E-state index contributed by atoms with van der Waals surface area (Å²) in [6, 6.07) is 6.68. The number of benzene rings is 1. The van der Waals surface area contributed by atoms with Crippen LogP contribution in [0.4, 0.5) is 4.39 Å². The molecule has 1 aromatic carbocycles. The Morgan fingerprint density at radius 1 is 1.30 bits per heavy atom. The van der Waals surface area contributed by atoms with Crippen LogP contribution in [-0.2, 0) is 6.61 Å². The lowest BCUT2D eigenvalue weighted by Gasteiger charge is -2.30. The second-order valence-electron chi connectivity index (χ2n) is 7.64. The quantitative estimate of drug-likeness (QED) is 0.687. The van der Waals surface area contributed by atoms with Crippen LogP contribution in [0.3, 0.4) is 0 Å². The van der Waals surface area contributed by atoms with Crippen molar-refractivity contribution in [3.63, 3.8) is 0 Å². The van der Waals surface area contributed by atoms with Crippen LogP contribution in [0.5, 0.6) is 5.75 Å². The number of aromatic nitrogens is 3. The van der Waals surface area contributed by atoms with Gasteiger partial charge in [-0.15, -0.1) is 10.2 Å². The summed E-state index contributed by atoms with van der Waals surface area (Å²) >= 11 is 1.51. The first-order valence-corrected chi connectivity index (χ1v) is 10.7. The van der Waals surface area contributed by atoms with Crippen molar-refractivity contribution >= 4 is 11.8 Å². The fourth-order valence-electron chi connectivity index (χ4n) is 4.83. The molecule has 4 unspecified atom stereocenters. The van der Waals surface area contributed by atoms with Crippen LogP contribution in [0.1, 0.15) is 44.5 Å². The molecule has 2 aromatic rings. The Balaban J connectivity index is 1.55. The highest BCUT2D eigenvalue weighted by atomic mass is 32.2. The van der Waals surface area contributed by atoms with Crippen LogP contribution in [-0.4, -0.2) is 32.2 Å². The van der Waals surface area contributed by atoms with Crippen LogP contribution in [0.25, 0.3) is 0 Å². The highest BCUT2D eigenvalue weighted by Crippen LogP contribution is 2.52. The lowest BCUT2D eigenvalue weighted by molar-refractivity contribution is 0.215. The van der Waals surface area contributed by atoms with Crippen LogP contribution in [0.2, 0.25) is 0 Å². The van der Waals surface area contributed by atoms with Gasteiger partial charge in [0, 0.05) is 11.8 Å². The van der Waals surface area contributed by atoms with E-state index in [0.717, 1.165) is 17.0 Å². The van der Waals surface area contributed by atoms with Gasteiger partial charge in [0.1, 0.15) is 6.61 Å². The summed E-state index contributed by atoms with van der Waals surface area (Å²) < 4.78 is 21.7. The Bertz CT molecular complexity index is 784. The molecule has 2 saturated carbocycles. The first-order valence-electron chi connectivity index (χ1n) is 9.72. The predicted octanol–water partition coefficient (Wildman–Crippen LogP) is 4.08. The second-order valence-corrected chi connectivity index (χ2v) is 8.70. The van der Waals surface area contributed by atoms with E-state index in [-0.39, 0.29) is 30.8 Å². The number of fused-ring (bicyclic) bond motifs is 2. The lowest BCUT2D eigenvalue weighted by Crippen LogP contribution is -2.24. The monoisotopic (exact) mass is 391 g/mol. The third-order valence-electron chi connectivity index (χ3n) is 6.07. The van der Waals surface area contributed by atoms with E-state index >= 15 is 0 Å². The number of nitrogens with zero attached hydrogens (tertiary/aromatic N) is 3. The van der Waals surface area contributed by atoms with Crippen LogP contribution >= 0.6 is 11.8 Å². The predicted molar refractivity (Wildman–Crippen MR) is 102 cm³/mol. The highest BCUT2D eigenvalue weighted by Gasteiger charge is 2.43. The largest absolute Gasteiger partial charge is 0.483 e. The van der Waals surface area contributed by atoms with Gasteiger partial charge in [0.15, 0.2) is 22.5 Å². The van der Waals surface area contributed by atoms with Gasteiger partial charge in [-0.1, -0.05) is 30.3 Å². The maximum atomic E-state index is 13.9. The van der Waals surface area contributed by atoms with Crippen LogP contribution in [0.15, 0.2) is 29.4 Å². The number of aliphatic hydroxyl groups is 1. The van der Waals surface area contributed by atoms with E-state index in [1.54, 1.807) is 18.2 Å². The zero-order valence-corrected chi connectivity index (χ0v) is 16.4. The van der Waals surface area contributed by atoms with Gasteiger partial charge in [-0.2, -0.15) is 0 Å². The molecule has 2 aliphatic rings. The molecular weight excluding hydrogens is 365 g/mol. The molecular formula is C20H26FN3O2S. The molecule has 4 rings (SSSR count). The van der Waals surface area contributed by atoms with Crippen molar-refractivity contribution in [2.24, 2.45) is 17.8 Å². The van der Waals surface area contributed by atoms with Gasteiger partial charge >= 0.3 is 0 Å². The van der Waals surface area contributed by atoms with Gasteiger partial charge in [-0.25, -0.2) is 4.39 Å². The van der Waals surface area contributed by atoms with E-state index in [2.05, 4.69) is 21.7 Å². The molecule has 0 saturated heterocycles. The Morgan fingerprint density at radius 2 is 2.15 bits per heavy atom. The molecule has 27 heavy (non-hydrogen) atoms. The summed E-state index contributed by atoms with van der Waals surface area (Å²) in [6.07, 6.45) is 5.30. The average molecular weight is 392 g/mol. The van der Waals surface area contributed by atoms with E-state index in [1.165, 1.54) is 43.5 Å². The molecule has 5 nitrogen and oxygen atoms in total. The fourth-order valence-corrected chi connectivity index (χ4v) is 5.61. The standard InChI is InChI=1S/C20H26FN3O2S/c1-13(16-11-14-6-7-15(16)10-14)24-19(22-23-20(24)27-9-8-25)12-26-18-5-3-2-4-17(18)21/h2-5,13-16,25H,6-12H2,1H3. The molecule has 0 aliphatic heterocycles. The number of hydrogen-bond acceptors (Lipinski definition) is 5. The molecule has 1 heterocycles. The van der Waals surface area contributed by atoms with Gasteiger partial charge < -0.3 is 9.84 Å². The lowest BCUT2D eigenvalue weighted by atomic mass is 9.84. The van der Waals surface area contributed by atoms with Gasteiger partial charge in [-0.05, 0) is 56.1 Å². The Hall–Kier alpha value is -1.60. The molecule has 0 amide bonds. The molecule has 0 spiro atoms. The summed E-state index contributed by atoms with van der Waals surface area (Å²) in [5.74, 6) is 3.42. The molecule has 4 atom stereocenters. The number of aliphatic hydroxyl groups excluding tert-OH is 1. The second kappa shape index (κ2) is 8.19. The Labute approximate surface area is 163 Å². The SMILES string of the molecule is CC(C1CC2CCC1C2)n1c(COc2ccccc2F)nnc1SCCO. The normalized spacial score (nSPS) is 25.1. The van der Waals surface area contributed by atoms with Gasteiger partial charge in [-0.3, -0.25) is 4.57 Å². The molecule has 1 N–H and O–H groups in total. The Morgan fingerprint density at radius 3 is 2.85 bits per heavy atom. The number of hydrogen-bond donors (Lipinski definition) is 1. The van der Waals surface area contributed by atoms with Crippen molar-refractivity contribution in [2.75, 3.05) is 12.4 Å². The van der Waals surface area contributed by atoms with Crippen molar-refractivity contribution < 1.29 is 14.2 Å². The van der Waals surface area contributed by atoms with Gasteiger partial charge in [0.05, 0.1) is 6.61 Å². The van der Waals surface area contributed by atoms with E-state index < -0.39 is 0 Å². The zero-order chi connectivity index (χ0) is 18.8. The molecule has 1 aromatic heterocycles. The van der Waals surface area contributed by atoms with Crippen molar-refractivity contribution in [1.82, 2.24) is 14.8 Å². The molecule has 2 bridgehead atoms. The number of thioether (sulfide) groups is 1. The van der Waals surface area contributed by atoms with Crippen LogP contribution < -0.4 is 4.74 Å². The maximum absolute atomic E-state index is 13.9. The minimum absolute atomic E-state index is 0.0983. The van der Waals surface area contributed by atoms with Crippen molar-refractivity contribution in [1.29, 1.82) is 0 Å². The number of halogens is 1. The molecule has 7 heteroatoms. The van der Waals surface area contributed by atoms with E-state index in [0.29, 0.717) is 17.5 Å². The van der Waals surface area contributed by atoms with Crippen LogP contribution in [0, 0.1) is 23.6 Å². The summed E-state index contributed by atoms with van der Waals surface area (Å²) in [5.41, 5.74) is 0. The van der Waals surface area contributed by atoms with E-state index in [9.17, 15) is 9.50 Å². The number of ether oxygens (including phenoxy) is 1. The van der Waals surface area contributed by atoms with E-state index in [1.807, 2.05) is 0 Å². The molecule has 146 valence electrons. The summed E-state index contributed by atoms with van der Waals surface area (Å²) in [6.45, 7) is 2.52.